The molecule has 2 aliphatic rings. The number of hydrogen-bond acceptors (Lipinski definition) is 6. The SMILES string of the molecule is COc1cccc(C2/C(=C(/O)c3ccc4c(c3)OCCO4)C(=O)C(=O)N2c2ccc(C)cc2)c1. The average molecular weight is 457 g/mol. The van der Waals surface area contributed by atoms with Crippen molar-refractivity contribution in [1.29, 1.82) is 0 Å². The molecule has 2 aliphatic heterocycles. The van der Waals surface area contributed by atoms with E-state index in [0.29, 0.717) is 47.3 Å². The van der Waals surface area contributed by atoms with Crippen molar-refractivity contribution in [1.82, 2.24) is 0 Å². The van der Waals surface area contributed by atoms with E-state index < -0.39 is 17.7 Å². The number of hydrogen-bond donors (Lipinski definition) is 1. The Hall–Kier alpha value is -4.26. The molecule has 0 aliphatic carbocycles. The minimum atomic E-state index is -0.842. The first-order valence-electron chi connectivity index (χ1n) is 10.9. The molecule has 0 saturated carbocycles. The second-order valence-electron chi connectivity index (χ2n) is 8.14. The number of carbonyl (C=O) groups excluding carboxylic acids is 2. The number of Topliss-reactive ketones (excluding diaryl/α,β-unsaturated/α-hetero) is 1. The smallest absolute Gasteiger partial charge is 0.300 e. The number of fused-ring (bicyclic) bond motifs is 1. The molecule has 1 fully saturated rings. The number of anilines is 1. The van der Waals surface area contributed by atoms with Gasteiger partial charge in [-0.25, -0.2) is 0 Å². The lowest BCUT2D eigenvalue weighted by Crippen LogP contribution is -2.29. The van der Waals surface area contributed by atoms with Crippen LogP contribution in [0, 0.1) is 6.92 Å². The number of aliphatic hydroxyl groups is 1. The van der Waals surface area contributed by atoms with Crippen LogP contribution in [0.1, 0.15) is 22.7 Å². The monoisotopic (exact) mass is 457 g/mol. The molecule has 1 amide bonds. The second kappa shape index (κ2) is 8.59. The number of aliphatic hydroxyl groups excluding tert-OH is 1. The number of amides is 1. The van der Waals surface area contributed by atoms with Gasteiger partial charge in [0, 0.05) is 11.3 Å². The maximum absolute atomic E-state index is 13.3. The molecule has 7 heteroatoms. The lowest BCUT2D eigenvalue weighted by atomic mass is 9.94. The molecule has 1 unspecified atom stereocenters. The predicted molar refractivity (Wildman–Crippen MR) is 126 cm³/mol. The molecule has 0 bridgehead atoms. The summed E-state index contributed by atoms with van der Waals surface area (Å²) in [4.78, 5) is 28.0. The Morgan fingerprint density at radius 3 is 2.44 bits per heavy atom. The Morgan fingerprint density at radius 1 is 0.971 bits per heavy atom. The van der Waals surface area contributed by atoms with Gasteiger partial charge >= 0.3 is 0 Å². The molecule has 172 valence electrons. The predicted octanol–water partition coefficient (Wildman–Crippen LogP) is 4.40. The first kappa shape index (κ1) is 21.6. The molecule has 3 aromatic carbocycles. The van der Waals surface area contributed by atoms with Crippen molar-refractivity contribution in [2.45, 2.75) is 13.0 Å². The lowest BCUT2D eigenvalue weighted by Gasteiger charge is -2.26. The average Bonchev–Trinajstić information content (AvgIpc) is 3.14. The Kier molecular flexibility index (Phi) is 5.45. The maximum Gasteiger partial charge on any atom is 0.300 e. The van der Waals surface area contributed by atoms with Gasteiger partial charge in [0.2, 0.25) is 0 Å². The molecule has 5 rings (SSSR count). The van der Waals surface area contributed by atoms with Crippen molar-refractivity contribution in [2.75, 3.05) is 25.2 Å². The van der Waals surface area contributed by atoms with Gasteiger partial charge in [-0.1, -0.05) is 29.8 Å². The summed E-state index contributed by atoms with van der Waals surface area (Å²) in [6.07, 6.45) is 0. The molecule has 7 nitrogen and oxygen atoms in total. The van der Waals surface area contributed by atoms with Crippen molar-refractivity contribution < 1.29 is 28.9 Å². The van der Waals surface area contributed by atoms with Gasteiger partial charge in [-0.3, -0.25) is 14.5 Å². The first-order valence-corrected chi connectivity index (χ1v) is 10.9. The number of aryl methyl sites for hydroxylation is 1. The number of ether oxygens (including phenoxy) is 3. The number of rotatable bonds is 4. The summed E-state index contributed by atoms with van der Waals surface area (Å²) >= 11 is 0. The van der Waals surface area contributed by atoms with Gasteiger partial charge in [0.1, 0.15) is 24.7 Å². The fourth-order valence-electron chi connectivity index (χ4n) is 4.28. The number of nitrogens with zero attached hydrogens (tertiary/aromatic N) is 1. The van der Waals surface area contributed by atoms with E-state index in [9.17, 15) is 14.7 Å². The Bertz CT molecular complexity index is 1310. The molecule has 1 N–H and O–H groups in total. The molecule has 2 heterocycles. The maximum atomic E-state index is 13.3. The van der Waals surface area contributed by atoms with E-state index in [-0.39, 0.29) is 11.3 Å². The molecule has 0 aromatic heterocycles. The minimum absolute atomic E-state index is 0.00416. The summed E-state index contributed by atoms with van der Waals surface area (Å²) in [5.74, 6) is -0.145. The standard InChI is InChI=1S/C27H23NO6/c1-16-6-9-19(10-7-16)28-24(17-4-3-5-20(14-17)32-2)23(26(30)27(28)31)25(29)18-8-11-21-22(15-18)34-13-12-33-21/h3-11,14-15,24,29H,12-13H2,1-2H3/b25-23-. The summed E-state index contributed by atoms with van der Waals surface area (Å²) in [6.45, 7) is 2.77. The van der Waals surface area contributed by atoms with Crippen LogP contribution >= 0.6 is 0 Å². The van der Waals surface area contributed by atoms with Gasteiger partial charge in [0.15, 0.2) is 11.5 Å². The highest BCUT2D eigenvalue weighted by molar-refractivity contribution is 6.51. The van der Waals surface area contributed by atoms with Crippen LogP contribution in [-0.4, -0.2) is 37.1 Å². The third-order valence-corrected chi connectivity index (χ3v) is 5.98. The largest absolute Gasteiger partial charge is 0.507 e. The van der Waals surface area contributed by atoms with Crippen LogP contribution in [0.2, 0.25) is 0 Å². The van der Waals surface area contributed by atoms with E-state index >= 15 is 0 Å². The molecule has 0 radical (unpaired) electrons. The van der Waals surface area contributed by atoms with Gasteiger partial charge < -0.3 is 19.3 Å². The molecule has 0 spiro atoms. The topological polar surface area (TPSA) is 85.3 Å². The quantitative estimate of drug-likeness (QED) is 0.355. The van der Waals surface area contributed by atoms with Crippen LogP contribution in [0.25, 0.3) is 5.76 Å². The van der Waals surface area contributed by atoms with Crippen LogP contribution in [0.5, 0.6) is 17.2 Å². The highest BCUT2D eigenvalue weighted by Gasteiger charge is 2.47. The fourth-order valence-corrected chi connectivity index (χ4v) is 4.28. The molecule has 1 saturated heterocycles. The van der Waals surface area contributed by atoms with Crippen LogP contribution in [0.4, 0.5) is 5.69 Å². The Balaban J connectivity index is 1.70. The van der Waals surface area contributed by atoms with Crippen molar-refractivity contribution in [2.24, 2.45) is 0 Å². The van der Waals surface area contributed by atoms with E-state index in [2.05, 4.69) is 0 Å². The lowest BCUT2D eigenvalue weighted by molar-refractivity contribution is -0.132. The van der Waals surface area contributed by atoms with Crippen molar-refractivity contribution in [3.63, 3.8) is 0 Å². The van der Waals surface area contributed by atoms with Gasteiger partial charge in [0.05, 0.1) is 18.7 Å². The molecule has 1 atom stereocenters. The number of ketones is 1. The van der Waals surface area contributed by atoms with Crippen molar-refractivity contribution in [3.05, 3.63) is 89.0 Å². The van der Waals surface area contributed by atoms with Crippen LogP contribution < -0.4 is 19.1 Å². The molecule has 34 heavy (non-hydrogen) atoms. The number of methoxy groups -OCH3 is 1. The molecular weight excluding hydrogens is 434 g/mol. The summed E-state index contributed by atoms with van der Waals surface area (Å²) in [5.41, 5.74) is 2.57. The summed E-state index contributed by atoms with van der Waals surface area (Å²) in [7, 11) is 1.55. The van der Waals surface area contributed by atoms with Crippen LogP contribution in [0.3, 0.4) is 0 Å². The summed E-state index contributed by atoms with van der Waals surface area (Å²) < 4.78 is 16.6. The highest BCUT2D eigenvalue weighted by Crippen LogP contribution is 2.43. The Morgan fingerprint density at radius 2 is 1.71 bits per heavy atom. The van der Waals surface area contributed by atoms with E-state index in [1.807, 2.05) is 19.1 Å². The van der Waals surface area contributed by atoms with E-state index in [0.717, 1.165) is 5.56 Å². The fraction of sp³-hybridized carbons (Fsp3) is 0.185. The van der Waals surface area contributed by atoms with Crippen LogP contribution in [0.15, 0.2) is 72.3 Å². The van der Waals surface area contributed by atoms with Gasteiger partial charge in [-0.2, -0.15) is 0 Å². The zero-order valence-electron chi connectivity index (χ0n) is 18.8. The van der Waals surface area contributed by atoms with Gasteiger partial charge in [-0.05, 0) is 55.0 Å². The zero-order chi connectivity index (χ0) is 23.8. The molecular formula is C27H23NO6. The van der Waals surface area contributed by atoms with Gasteiger partial charge in [-0.15, -0.1) is 0 Å². The number of benzene rings is 3. The summed E-state index contributed by atoms with van der Waals surface area (Å²) in [6, 6.07) is 18.6. The van der Waals surface area contributed by atoms with Crippen molar-refractivity contribution >= 4 is 23.1 Å². The van der Waals surface area contributed by atoms with Crippen LogP contribution in [-0.2, 0) is 9.59 Å². The first-order chi connectivity index (χ1) is 16.5. The third kappa shape index (κ3) is 3.65. The molecule has 3 aromatic rings. The van der Waals surface area contributed by atoms with Gasteiger partial charge in [0.25, 0.3) is 11.7 Å². The van der Waals surface area contributed by atoms with E-state index in [1.165, 1.54) is 4.90 Å². The second-order valence-corrected chi connectivity index (χ2v) is 8.14. The number of carbonyl (C=O) groups is 2. The Labute approximate surface area is 196 Å². The van der Waals surface area contributed by atoms with Crippen molar-refractivity contribution in [3.8, 4) is 17.2 Å². The summed E-state index contributed by atoms with van der Waals surface area (Å²) in [5, 5.41) is 11.3. The third-order valence-electron chi connectivity index (χ3n) is 5.98. The zero-order valence-corrected chi connectivity index (χ0v) is 18.8. The highest BCUT2D eigenvalue weighted by atomic mass is 16.6. The van der Waals surface area contributed by atoms with E-state index in [1.54, 1.807) is 61.7 Å². The van der Waals surface area contributed by atoms with E-state index in [4.69, 9.17) is 14.2 Å². The minimum Gasteiger partial charge on any atom is -0.507 e. The normalized spacial score (nSPS) is 18.8.